The molecular weight excluding hydrogens is 224 g/mol. The zero-order valence-corrected chi connectivity index (χ0v) is 9.38. The van der Waals surface area contributed by atoms with Crippen molar-refractivity contribution in [1.82, 2.24) is 0 Å². The lowest BCUT2D eigenvalue weighted by atomic mass is 9.96. The summed E-state index contributed by atoms with van der Waals surface area (Å²) in [4.78, 5) is 21.2. The van der Waals surface area contributed by atoms with Gasteiger partial charge >= 0.3 is 11.9 Å². The molecule has 0 saturated carbocycles. The fourth-order valence-electron chi connectivity index (χ4n) is 1.57. The molecule has 17 heavy (non-hydrogen) atoms. The first-order valence-corrected chi connectivity index (χ1v) is 5.14. The van der Waals surface area contributed by atoms with E-state index in [0.717, 1.165) is 5.56 Å². The first-order chi connectivity index (χ1) is 7.91. The van der Waals surface area contributed by atoms with E-state index in [9.17, 15) is 14.7 Å². The molecule has 1 atom stereocenters. The minimum Gasteiger partial charge on any atom is -0.481 e. The summed E-state index contributed by atoms with van der Waals surface area (Å²) in [5.74, 6) is -2.30. The van der Waals surface area contributed by atoms with E-state index in [2.05, 4.69) is 0 Å². The molecule has 1 aromatic rings. The highest BCUT2D eigenvalue weighted by Gasteiger charge is 2.19. The van der Waals surface area contributed by atoms with Crippen LogP contribution in [-0.2, 0) is 16.0 Å². The number of rotatable bonds is 5. The van der Waals surface area contributed by atoms with Crippen molar-refractivity contribution in [3.63, 3.8) is 0 Å². The van der Waals surface area contributed by atoms with Gasteiger partial charge in [-0.1, -0.05) is 23.8 Å². The Hall–Kier alpha value is -1.88. The minimum absolute atomic E-state index is 0.0948. The van der Waals surface area contributed by atoms with Crippen molar-refractivity contribution in [2.24, 2.45) is 0 Å². The third-order valence-electron chi connectivity index (χ3n) is 2.44. The van der Waals surface area contributed by atoms with Crippen molar-refractivity contribution >= 4 is 11.9 Å². The molecule has 1 rings (SSSR count). The summed E-state index contributed by atoms with van der Waals surface area (Å²) in [5, 5.41) is 26.9. The van der Waals surface area contributed by atoms with Gasteiger partial charge in [0, 0.05) is 6.42 Å². The Bertz CT molecular complexity index is 439. The van der Waals surface area contributed by atoms with Gasteiger partial charge in [0.1, 0.15) is 0 Å². The normalized spacial score (nSPS) is 12.1. The van der Waals surface area contributed by atoms with E-state index < -0.39 is 18.0 Å². The summed E-state index contributed by atoms with van der Waals surface area (Å²) in [7, 11) is 0. The number of carboxylic acids is 2. The van der Waals surface area contributed by atoms with Gasteiger partial charge in [0.15, 0.2) is 6.10 Å². The van der Waals surface area contributed by atoms with Crippen LogP contribution in [0.2, 0.25) is 0 Å². The van der Waals surface area contributed by atoms with Gasteiger partial charge in [0.2, 0.25) is 0 Å². The highest BCUT2D eigenvalue weighted by atomic mass is 16.4. The third-order valence-corrected chi connectivity index (χ3v) is 2.44. The van der Waals surface area contributed by atoms with E-state index in [1.54, 1.807) is 25.1 Å². The molecule has 0 spiro atoms. The fourth-order valence-corrected chi connectivity index (χ4v) is 1.57. The molecule has 0 aliphatic carbocycles. The molecule has 5 nitrogen and oxygen atoms in total. The Kier molecular flexibility index (Phi) is 4.23. The van der Waals surface area contributed by atoms with Crippen LogP contribution < -0.4 is 0 Å². The van der Waals surface area contributed by atoms with Crippen LogP contribution in [0, 0.1) is 6.92 Å². The van der Waals surface area contributed by atoms with Crippen LogP contribution in [0.4, 0.5) is 0 Å². The zero-order chi connectivity index (χ0) is 13.0. The lowest BCUT2D eigenvalue weighted by Gasteiger charge is -2.12. The number of hydrogen-bond donors (Lipinski definition) is 3. The summed E-state index contributed by atoms with van der Waals surface area (Å²) in [5.41, 5.74) is 1.63. The number of aliphatic carboxylic acids is 2. The standard InChI is InChI=1S/C12H14O5/c1-7-2-3-8(4-5-10(13)14)9(6-7)11(15)12(16)17/h2-3,6,11,15H,4-5H2,1H3,(H,13,14)(H,16,17). The van der Waals surface area contributed by atoms with Gasteiger partial charge in [-0.05, 0) is 24.5 Å². The Morgan fingerprint density at radius 1 is 1.29 bits per heavy atom. The zero-order valence-electron chi connectivity index (χ0n) is 9.38. The molecule has 3 N–H and O–H groups in total. The molecule has 0 aliphatic rings. The minimum atomic E-state index is -1.61. The average Bonchev–Trinajstić information content (AvgIpc) is 2.26. The summed E-state index contributed by atoms with van der Waals surface area (Å²) >= 11 is 0. The molecule has 0 aliphatic heterocycles. The predicted octanol–water partition coefficient (Wildman–Crippen LogP) is 1.13. The molecule has 0 aromatic heterocycles. The molecule has 5 heteroatoms. The number of hydrogen-bond acceptors (Lipinski definition) is 3. The van der Waals surface area contributed by atoms with E-state index in [4.69, 9.17) is 10.2 Å². The maximum absolute atomic E-state index is 10.7. The molecule has 0 radical (unpaired) electrons. The van der Waals surface area contributed by atoms with Gasteiger partial charge in [0.05, 0.1) is 0 Å². The number of aryl methyl sites for hydroxylation is 2. The highest BCUT2D eigenvalue weighted by molar-refractivity contribution is 5.75. The first kappa shape index (κ1) is 13.2. The van der Waals surface area contributed by atoms with Crippen molar-refractivity contribution in [3.05, 3.63) is 34.9 Å². The largest absolute Gasteiger partial charge is 0.481 e. The van der Waals surface area contributed by atoms with Crippen LogP contribution in [0.3, 0.4) is 0 Å². The summed E-state index contributed by atoms with van der Waals surface area (Å²) in [6.45, 7) is 1.78. The Labute approximate surface area is 98.3 Å². The molecule has 0 saturated heterocycles. The summed E-state index contributed by atoms with van der Waals surface area (Å²) in [6, 6.07) is 4.98. The smallest absolute Gasteiger partial charge is 0.337 e. The molecule has 1 aromatic carbocycles. The van der Waals surface area contributed by atoms with Crippen LogP contribution in [-0.4, -0.2) is 27.3 Å². The van der Waals surface area contributed by atoms with Gasteiger partial charge in [0.25, 0.3) is 0 Å². The quantitative estimate of drug-likeness (QED) is 0.714. The monoisotopic (exact) mass is 238 g/mol. The second kappa shape index (κ2) is 5.45. The van der Waals surface area contributed by atoms with Crippen LogP contribution in [0.5, 0.6) is 0 Å². The number of aliphatic hydroxyl groups is 1. The maximum atomic E-state index is 10.7. The Morgan fingerprint density at radius 3 is 2.47 bits per heavy atom. The van der Waals surface area contributed by atoms with Gasteiger partial charge < -0.3 is 15.3 Å². The Balaban J connectivity index is 3.03. The lowest BCUT2D eigenvalue weighted by molar-refractivity contribution is -0.147. The van der Waals surface area contributed by atoms with Crippen LogP contribution in [0.15, 0.2) is 18.2 Å². The van der Waals surface area contributed by atoms with Gasteiger partial charge in [-0.3, -0.25) is 4.79 Å². The van der Waals surface area contributed by atoms with Crippen LogP contribution in [0.1, 0.15) is 29.2 Å². The summed E-state index contributed by atoms with van der Waals surface area (Å²) in [6.07, 6.45) is -1.50. The van der Waals surface area contributed by atoms with E-state index >= 15 is 0 Å². The first-order valence-electron chi connectivity index (χ1n) is 5.14. The number of aliphatic hydroxyl groups excluding tert-OH is 1. The van der Waals surface area contributed by atoms with Gasteiger partial charge in [-0.15, -0.1) is 0 Å². The van der Waals surface area contributed by atoms with Crippen LogP contribution >= 0.6 is 0 Å². The molecule has 1 unspecified atom stereocenters. The molecular formula is C12H14O5. The second-order valence-electron chi connectivity index (χ2n) is 3.84. The van der Waals surface area contributed by atoms with Crippen molar-refractivity contribution in [1.29, 1.82) is 0 Å². The molecule has 0 fully saturated rings. The van der Waals surface area contributed by atoms with Crippen molar-refractivity contribution in [2.75, 3.05) is 0 Å². The van der Waals surface area contributed by atoms with E-state index in [1.807, 2.05) is 0 Å². The number of carboxylic acid groups (broad SMARTS) is 2. The Morgan fingerprint density at radius 2 is 1.94 bits per heavy atom. The molecule has 92 valence electrons. The van der Waals surface area contributed by atoms with Gasteiger partial charge in [-0.25, -0.2) is 4.79 Å². The van der Waals surface area contributed by atoms with E-state index in [1.165, 1.54) is 0 Å². The van der Waals surface area contributed by atoms with Crippen molar-refractivity contribution in [2.45, 2.75) is 25.9 Å². The topological polar surface area (TPSA) is 94.8 Å². The number of benzene rings is 1. The van der Waals surface area contributed by atoms with E-state index in [0.29, 0.717) is 5.56 Å². The third kappa shape index (κ3) is 3.57. The van der Waals surface area contributed by atoms with Crippen molar-refractivity contribution in [3.8, 4) is 0 Å². The lowest BCUT2D eigenvalue weighted by Crippen LogP contribution is -2.13. The predicted molar refractivity (Wildman–Crippen MR) is 59.7 cm³/mol. The van der Waals surface area contributed by atoms with Gasteiger partial charge in [-0.2, -0.15) is 0 Å². The maximum Gasteiger partial charge on any atom is 0.337 e. The fraction of sp³-hybridized carbons (Fsp3) is 0.333. The van der Waals surface area contributed by atoms with Crippen molar-refractivity contribution < 1.29 is 24.9 Å². The average molecular weight is 238 g/mol. The second-order valence-corrected chi connectivity index (χ2v) is 3.84. The SMILES string of the molecule is Cc1ccc(CCC(=O)O)c(C(O)C(=O)O)c1. The van der Waals surface area contributed by atoms with E-state index in [-0.39, 0.29) is 18.4 Å². The summed E-state index contributed by atoms with van der Waals surface area (Å²) < 4.78 is 0. The van der Waals surface area contributed by atoms with Crippen LogP contribution in [0.25, 0.3) is 0 Å². The molecule has 0 heterocycles. The number of carbonyl (C=O) groups is 2. The molecule has 0 amide bonds. The molecule has 0 bridgehead atoms. The highest BCUT2D eigenvalue weighted by Crippen LogP contribution is 2.21.